The summed E-state index contributed by atoms with van der Waals surface area (Å²) in [5.41, 5.74) is 10.2. The van der Waals surface area contributed by atoms with Crippen LogP contribution in [0.1, 0.15) is 22.3 Å². The van der Waals surface area contributed by atoms with Crippen LogP contribution in [-0.4, -0.2) is 16.9 Å². The van der Waals surface area contributed by atoms with Crippen LogP contribution in [0.2, 0.25) is 5.02 Å². The van der Waals surface area contributed by atoms with Crippen molar-refractivity contribution in [1.29, 1.82) is 0 Å². The molecule has 0 aliphatic heterocycles. The van der Waals surface area contributed by atoms with E-state index in [1.165, 1.54) is 11.1 Å². The third-order valence-corrected chi connectivity index (χ3v) is 4.07. The predicted octanol–water partition coefficient (Wildman–Crippen LogP) is 3.91. The van der Waals surface area contributed by atoms with Crippen LogP contribution in [0, 0.1) is 6.92 Å². The first-order chi connectivity index (χ1) is 9.97. The van der Waals surface area contributed by atoms with Gasteiger partial charge in [-0.25, -0.2) is 0 Å². The zero-order valence-corrected chi connectivity index (χ0v) is 13.8. The lowest BCUT2D eigenvalue weighted by molar-refractivity contribution is 0.318. The van der Waals surface area contributed by atoms with Crippen LogP contribution in [0.3, 0.4) is 0 Å². The molecule has 0 atom stereocenters. The Bertz CT molecular complexity index is 655. The molecule has 0 saturated carbocycles. The number of benzene rings is 2. The van der Waals surface area contributed by atoms with Crippen molar-refractivity contribution in [2.75, 3.05) is 7.05 Å². The Labute approximate surface area is 136 Å². The molecule has 0 amide bonds. The van der Waals surface area contributed by atoms with Gasteiger partial charge >= 0.3 is 0 Å². The molecule has 21 heavy (non-hydrogen) atoms. The molecule has 110 valence electrons. The number of rotatable bonds is 5. The first-order valence-electron chi connectivity index (χ1n) is 6.78. The maximum Gasteiger partial charge on any atom is 0.103 e. The van der Waals surface area contributed by atoms with E-state index in [0.29, 0.717) is 4.99 Å². The summed E-state index contributed by atoms with van der Waals surface area (Å²) < 4.78 is 0. The fraction of sp³-hybridized carbons (Fsp3) is 0.235. The average molecular weight is 319 g/mol. The summed E-state index contributed by atoms with van der Waals surface area (Å²) in [5, 5.41) is 0.810. The minimum atomic E-state index is 0.439. The number of thiocarbonyl (C=S) groups is 1. The molecule has 0 radical (unpaired) electrons. The van der Waals surface area contributed by atoms with Crippen LogP contribution in [-0.2, 0) is 13.1 Å². The Morgan fingerprint density at radius 1 is 1.14 bits per heavy atom. The first kappa shape index (κ1) is 16.0. The average Bonchev–Trinajstić information content (AvgIpc) is 2.43. The molecule has 0 aliphatic carbocycles. The summed E-state index contributed by atoms with van der Waals surface area (Å²) in [6.07, 6.45) is 0. The molecule has 0 saturated heterocycles. The zero-order chi connectivity index (χ0) is 15.4. The zero-order valence-electron chi connectivity index (χ0n) is 12.3. The molecule has 2 nitrogen and oxygen atoms in total. The van der Waals surface area contributed by atoms with Gasteiger partial charge in [-0.3, -0.25) is 4.90 Å². The lowest BCUT2D eigenvalue weighted by Gasteiger charge is -2.19. The Morgan fingerprint density at radius 2 is 1.81 bits per heavy atom. The van der Waals surface area contributed by atoms with E-state index in [2.05, 4.69) is 31.0 Å². The topological polar surface area (TPSA) is 29.3 Å². The molecule has 2 N–H and O–H groups in total. The van der Waals surface area contributed by atoms with Gasteiger partial charge in [0.15, 0.2) is 0 Å². The Morgan fingerprint density at radius 3 is 2.43 bits per heavy atom. The fourth-order valence-electron chi connectivity index (χ4n) is 2.29. The highest BCUT2D eigenvalue weighted by molar-refractivity contribution is 7.80. The van der Waals surface area contributed by atoms with Crippen LogP contribution >= 0.6 is 23.8 Å². The monoisotopic (exact) mass is 318 g/mol. The van der Waals surface area contributed by atoms with E-state index in [-0.39, 0.29) is 0 Å². The third-order valence-electron chi connectivity index (χ3n) is 3.47. The molecule has 0 fully saturated rings. The maximum atomic E-state index is 6.20. The van der Waals surface area contributed by atoms with E-state index in [1.54, 1.807) is 0 Å². The van der Waals surface area contributed by atoms with Gasteiger partial charge < -0.3 is 5.73 Å². The largest absolute Gasteiger partial charge is 0.389 e. The van der Waals surface area contributed by atoms with E-state index in [0.717, 1.165) is 29.2 Å². The maximum absolute atomic E-state index is 6.20. The van der Waals surface area contributed by atoms with Crippen LogP contribution in [0.15, 0.2) is 42.5 Å². The Balaban J connectivity index is 2.08. The number of nitrogens with zero attached hydrogens (tertiary/aromatic N) is 1. The second-order valence-electron chi connectivity index (χ2n) is 5.27. The fourth-order valence-corrected chi connectivity index (χ4v) is 2.61. The van der Waals surface area contributed by atoms with Gasteiger partial charge in [0, 0.05) is 23.7 Å². The molecule has 4 heteroatoms. The summed E-state index contributed by atoms with van der Waals surface area (Å²) in [4.78, 5) is 2.68. The summed E-state index contributed by atoms with van der Waals surface area (Å²) in [6.45, 7) is 3.76. The van der Waals surface area contributed by atoms with Crippen LogP contribution < -0.4 is 5.73 Å². The van der Waals surface area contributed by atoms with Gasteiger partial charge in [-0.2, -0.15) is 0 Å². The normalized spacial score (nSPS) is 10.9. The summed E-state index contributed by atoms with van der Waals surface area (Å²) in [7, 11) is 2.09. The smallest absolute Gasteiger partial charge is 0.103 e. The van der Waals surface area contributed by atoms with E-state index >= 15 is 0 Å². The lowest BCUT2D eigenvalue weighted by atomic mass is 10.0. The highest BCUT2D eigenvalue weighted by atomic mass is 35.5. The summed E-state index contributed by atoms with van der Waals surface area (Å²) >= 11 is 11.2. The molecule has 0 unspecified atom stereocenters. The van der Waals surface area contributed by atoms with Crippen LogP contribution in [0.4, 0.5) is 0 Å². The van der Waals surface area contributed by atoms with E-state index in [4.69, 9.17) is 29.6 Å². The molecule has 0 aromatic heterocycles. The molecule has 0 heterocycles. The lowest BCUT2D eigenvalue weighted by Crippen LogP contribution is -2.18. The number of hydrogen-bond acceptors (Lipinski definition) is 2. The van der Waals surface area contributed by atoms with Gasteiger partial charge in [-0.1, -0.05) is 54.2 Å². The van der Waals surface area contributed by atoms with Crippen molar-refractivity contribution in [3.05, 3.63) is 69.7 Å². The number of aryl methyl sites for hydroxylation is 1. The van der Waals surface area contributed by atoms with Gasteiger partial charge in [0.25, 0.3) is 0 Å². The van der Waals surface area contributed by atoms with Crippen molar-refractivity contribution in [1.82, 2.24) is 4.90 Å². The van der Waals surface area contributed by atoms with Gasteiger partial charge in [0.2, 0.25) is 0 Å². The minimum absolute atomic E-state index is 0.439. The van der Waals surface area contributed by atoms with Crippen molar-refractivity contribution in [2.45, 2.75) is 20.0 Å². The second-order valence-corrected chi connectivity index (χ2v) is 6.12. The third kappa shape index (κ3) is 4.27. The van der Waals surface area contributed by atoms with E-state index in [9.17, 15) is 0 Å². The standard InChI is InChI=1S/C17H19ClN2S/c1-12-9-13(17(19)21)7-8-14(12)10-20(2)11-15-5-3-4-6-16(15)18/h3-9H,10-11H2,1-2H3,(H2,19,21). The summed E-state index contributed by atoms with van der Waals surface area (Å²) in [5.74, 6) is 0. The van der Waals surface area contributed by atoms with Crippen LogP contribution in [0.5, 0.6) is 0 Å². The number of hydrogen-bond donors (Lipinski definition) is 1. The highest BCUT2D eigenvalue weighted by Gasteiger charge is 2.07. The molecule has 0 bridgehead atoms. The summed E-state index contributed by atoms with van der Waals surface area (Å²) in [6, 6.07) is 14.1. The van der Waals surface area contributed by atoms with Gasteiger partial charge in [0.1, 0.15) is 4.99 Å². The van der Waals surface area contributed by atoms with Crippen molar-refractivity contribution < 1.29 is 0 Å². The molecule has 0 aliphatic rings. The van der Waals surface area contributed by atoms with Crippen molar-refractivity contribution >= 4 is 28.8 Å². The van der Waals surface area contributed by atoms with Crippen molar-refractivity contribution in [3.8, 4) is 0 Å². The van der Waals surface area contributed by atoms with Gasteiger partial charge in [-0.15, -0.1) is 0 Å². The Kier molecular flexibility index (Phi) is 5.34. The van der Waals surface area contributed by atoms with Gasteiger partial charge in [-0.05, 0) is 42.8 Å². The molecule has 2 aromatic rings. The van der Waals surface area contributed by atoms with Gasteiger partial charge in [0.05, 0.1) is 0 Å². The van der Waals surface area contributed by atoms with Crippen molar-refractivity contribution in [2.24, 2.45) is 5.73 Å². The first-order valence-corrected chi connectivity index (χ1v) is 7.57. The minimum Gasteiger partial charge on any atom is -0.389 e. The van der Waals surface area contributed by atoms with Crippen molar-refractivity contribution in [3.63, 3.8) is 0 Å². The molecule has 2 aromatic carbocycles. The quantitative estimate of drug-likeness (QED) is 0.847. The molecule has 0 spiro atoms. The molecular weight excluding hydrogens is 300 g/mol. The van der Waals surface area contributed by atoms with Crippen LogP contribution in [0.25, 0.3) is 0 Å². The highest BCUT2D eigenvalue weighted by Crippen LogP contribution is 2.19. The SMILES string of the molecule is Cc1cc(C(N)=S)ccc1CN(C)Cc1ccccc1Cl. The number of halogens is 1. The van der Waals surface area contributed by atoms with E-state index < -0.39 is 0 Å². The second kappa shape index (κ2) is 7.03. The predicted molar refractivity (Wildman–Crippen MR) is 93.7 cm³/mol. The molecular formula is C17H19ClN2S. The van der Waals surface area contributed by atoms with E-state index in [1.807, 2.05) is 30.3 Å². The number of nitrogens with two attached hydrogens (primary N) is 1. The molecule has 2 rings (SSSR count). The Hall–Kier alpha value is -1.42.